The lowest BCUT2D eigenvalue weighted by molar-refractivity contribution is -0.118. The summed E-state index contributed by atoms with van der Waals surface area (Å²) in [5.74, 6) is -0.0562. The molecule has 3 rings (SSSR count). The maximum atomic E-state index is 12.8. The number of carbonyl (C=O) groups is 1. The number of benzene rings is 2. The van der Waals surface area contributed by atoms with E-state index >= 15 is 0 Å². The Labute approximate surface area is 137 Å². The number of fused-ring (bicyclic) bond motifs is 1. The SMILES string of the molecule is O=C(CSc1ccc2ccccc2n1)NCc1ccc(F)cc1. The average Bonchev–Trinajstić information content (AvgIpc) is 2.59. The van der Waals surface area contributed by atoms with Gasteiger partial charge >= 0.3 is 0 Å². The minimum atomic E-state index is -0.280. The van der Waals surface area contributed by atoms with Crippen LogP contribution in [-0.4, -0.2) is 16.6 Å². The third-order valence-corrected chi connectivity index (χ3v) is 4.26. The summed E-state index contributed by atoms with van der Waals surface area (Å²) in [6, 6.07) is 17.9. The predicted molar refractivity (Wildman–Crippen MR) is 90.7 cm³/mol. The highest BCUT2D eigenvalue weighted by Crippen LogP contribution is 2.19. The van der Waals surface area contributed by atoms with Gasteiger partial charge in [-0.1, -0.05) is 48.2 Å². The van der Waals surface area contributed by atoms with Gasteiger partial charge in [0.25, 0.3) is 0 Å². The first-order valence-electron chi connectivity index (χ1n) is 7.20. The molecule has 0 fully saturated rings. The highest BCUT2D eigenvalue weighted by Gasteiger charge is 2.05. The zero-order chi connectivity index (χ0) is 16.1. The number of halogens is 1. The Bertz CT molecular complexity index is 821. The van der Waals surface area contributed by atoms with Crippen LogP contribution in [0.5, 0.6) is 0 Å². The van der Waals surface area contributed by atoms with E-state index in [0.717, 1.165) is 21.5 Å². The van der Waals surface area contributed by atoms with E-state index in [1.807, 2.05) is 36.4 Å². The number of nitrogens with zero attached hydrogens (tertiary/aromatic N) is 1. The first kappa shape index (κ1) is 15.5. The van der Waals surface area contributed by atoms with Gasteiger partial charge in [-0.15, -0.1) is 0 Å². The molecule has 0 aliphatic heterocycles. The highest BCUT2D eigenvalue weighted by atomic mass is 32.2. The van der Waals surface area contributed by atoms with E-state index in [2.05, 4.69) is 10.3 Å². The number of amides is 1. The molecule has 0 aliphatic rings. The van der Waals surface area contributed by atoms with Crippen molar-refractivity contribution in [3.8, 4) is 0 Å². The Balaban J connectivity index is 1.52. The molecule has 1 aromatic heterocycles. The lowest BCUT2D eigenvalue weighted by atomic mass is 10.2. The van der Waals surface area contributed by atoms with Gasteiger partial charge in [-0.05, 0) is 29.8 Å². The van der Waals surface area contributed by atoms with Crippen molar-refractivity contribution in [2.24, 2.45) is 0 Å². The number of carbonyl (C=O) groups excluding carboxylic acids is 1. The molecule has 0 spiro atoms. The summed E-state index contributed by atoms with van der Waals surface area (Å²) in [7, 11) is 0. The number of rotatable bonds is 5. The van der Waals surface area contributed by atoms with Gasteiger partial charge < -0.3 is 5.32 Å². The summed E-state index contributed by atoms with van der Waals surface area (Å²) < 4.78 is 12.8. The van der Waals surface area contributed by atoms with Crippen molar-refractivity contribution in [3.63, 3.8) is 0 Å². The van der Waals surface area contributed by atoms with Crippen LogP contribution in [0.25, 0.3) is 10.9 Å². The molecular formula is C18H15FN2OS. The number of nitrogens with one attached hydrogen (secondary N) is 1. The topological polar surface area (TPSA) is 42.0 Å². The first-order valence-corrected chi connectivity index (χ1v) is 8.19. The molecule has 3 aromatic rings. The fraction of sp³-hybridized carbons (Fsp3) is 0.111. The molecule has 0 unspecified atom stereocenters. The van der Waals surface area contributed by atoms with Crippen LogP contribution in [0.15, 0.2) is 65.7 Å². The van der Waals surface area contributed by atoms with Gasteiger partial charge in [0.1, 0.15) is 5.82 Å². The molecule has 0 atom stereocenters. The monoisotopic (exact) mass is 326 g/mol. The quantitative estimate of drug-likeness (QED) is 0.726. The molecule has 0 radical (unpaired) electrons. The fourth-order valence-electron chi connectivity index (χ4n) is 2.12. The van der Waals surface area contributed by atoms with E-state index in [0.29, 0.717) is 12.3 Å². The van der Waals surface area contributed by atoms with E-state index in [4.69, 9.17) is 0 Å². The minimum Gasteiger partial charge on any atom is -0.351 e. The average molecular weight is 326 g/mol. The zero-order valence-electron chi connectivity index (χ0n) is 12.3. The molecule has 2 aromatic carbocycles. The van der Waals surface area contributed by atoms with Crippen molar-refractivity contribution in [1.29, 1.82) is 0 Å². The van der Waals surface area contributed by atoms with Gasteiger partial charge in [-0.2, -0.15) is 0 Å². The Morgan fingerprint density at radius 3 is 2.65 bits per heavy atom. The molecule has 1 heterocycles. The third-order valence-electron chi connectivity index (χ3n) is 3.33. The number of pyridine rings is 1. The number of thioether (sulfide) groups is 1. The minimum absolute atomic E-state index is 0.0747. The zero-order valence-corrected chi connectivity index (χ0v) is 13.1. The second-order valence-corrected chi connectivity index (χ2v) is 6.03. The fourth-order valence-corrected chi connectivity index (χ4v) is 2.83. The Morgan fingerprint density at radius 2 is 1.83 bits per heavy atom. The molecule has 23 heavy (non-hydrogen) atoms. The number of hydrogen-bond donors (Lipinski definition) is 1. The molecule has 0 aliphatic carbocycles. The number of para-hydroxylation sites is 1. The van der Waals surface area contributed by atoms with Crippen molar-refractivity contribution in [2.75, 3.05) is 5.75 Å². The van der Waals surface area contributed by atoms with Crippen LogP contribution in [0, 0.1) is 5.82 Å². The Kier molecular flexibility index (Phi) is 4.88. The van der Waals surface area contributed by atoms with E-state index in [1.54, 1.807) is 12.1 Å². The predicted octanol–water partition coefficient (Wildman–Crippen LogP) is 3.78. The summed E-state index contributed by atoms with van der Waals surface area (Å²) in [6.07, 6.45) is 0. The molecular weight excluding hydrogens is 311 g/mol. The standard InChI is InChI=1S/C18H15FN2OS/c19-15-8-5-13(6-9-15)11-20-17(22)12-23-18-10-7-14-3-1-2-4-16(14)21-18/h1-10H,11-12H2,(H,20,22). The van der Waals surface area contributed by atoms with Gasteiger partial charge in [0.05, 0.1) is 16.3 Å². The smallest absolute Gasteiger partial charge is 0.230 e. The molecule has 0 saturated heterocycles. The molecule has 1 amide bonds. The first-order chi connectivity index (χ1) is 11.2. The summed E-state index contributed by atoms with van der Waals surface area (Å²) in [6.45, 7) is 0.394. The molecule has 1 N–H and O–H groups in total. The lowest BCUT2D eigenvalue weighted by Gasteiger charge is -2.06. The van der Waals surface area contributed by atoms with Crippen LogP contribution in [0.3, 0.4) is 0 Å². The van der Waals surface area contributed by atoms with Crippen molar-refractivity contribution in [3.05, 3.63) is 72.0 Å². The Morgan fingerprint density at radius 1 is 1.04 bits per heavy atom. The maximum Gasteiger partial charge on any atom is 0.230 e. The molecule has 116 valence electrons. The second kappa shape index (κ2) is 7.24. The normalized spacial score (nSPS) is 10.7. The summed E-state index contributed by atoms with van der Waals surface area (Å²) in [5, 5.41) is 4.72. The highest BCUT2D eigenvalue weighted by molar-refractivity contribution is 7.99. The van der Waals surface area contributed by atoms with Crippen molar-refractivity contribution < 1.29 is 9.18 Å². The summed E-state index contributed by atoms with van der Waals surface area (Å²) in [4.78, 5) is 16.4. The van der Waals surface area contributed by atoms with Gasteiger partial charge in [-0.3, -0.25) is 4.79 Å². The maximum absolute atomic E-state index is 12.8. The molecule has 0 saturated carbocycles. The van der Waals surface area contributed by atoms with Crippen molar-refractivity contribution in [2.45, 2.75) is 11.6 Å². The summed E-state index contributed by atoms with van der Waals surface area (Å²) in [5.41, 5.74) is 1.79. The van der Waals surface area contributed by atoms with E-state index < -0.39 is 0 Å². The summed E-state index contributed by atoms with van der Waals surface area (Å²) >= 11 is 1.40. The van der Waals surface area contributed by atoms with Gasteiger partial charge in [0, 0.05) is 11.9 Å². The van der Waals surface area contributed by atoms with Crippen LogP contribution >= 0.6 is 11.8 Å². The van der Waals surface area contributed by atoms with Crippen LogP contribution in [0.4, 0.5) is 4.39 Å². The van der Waals surface area contributed by atoms with Gasteiger partial charge in [0.15, 0.2) is 0 Å². The van der Waals surface area contributed by atoms with Crippen LogP contribution in [0.2, 0.25) is 0 Å². The van der Waals surface area contributed by atoms with Crippen LogP contribution in [-0.2, 0) is 11.3 Å². The number of hydrogen-bond acceptors (Lipinski definition) is 3. The van der Waals surface area contributed by atoms with E-state index in [-0.39, 0.29) is 11.7 Å². The third kappa shape index (κ3) is 4.29. The van der Waals surface area contributed by atoms with Crippen molar-refractivity contribution in [1.82, 2.24) is 10.3 Å². The second-order valence-electron chi connectivity index (χ2n) is 5.03. The van der Waals surface area contributed by atoms with Crippen molar-refractivity contribution >= 4 is 28.6 Å². The molecule has 0 bridgehead atoms. The van der Waals surface area contributed by atoms with Crippen LogP contribution < -0.4 is 5.32 Å². The largest absolute Gasteiger partial charge is 0.351 e. The lowest BCUT2D eigenvalue weighted by Crippen LogP contribution is -2.24. The number of aromatic nitrogens is 1. The van der Waals surface area contributed by atoms with E-state index in [9.17, 15) is 9.18 Å². The van der Waals surface area contributed by atoms with Gasteiger partial charge in [0.2, 0.25) is 5.91 Å². The molecule has 3 nitrogen and oxygen atoms in total. The van der Waals surface area contributed by atoms with Gasteiger partial charge in [-0.25, -0.2) is 9.37 Å². The Hall–Kier alpha value is -2.40. The molecule has 5 heteroatoms. The van der Waals surface area contributed by atoms with E-state index in [1.165, 1.54) is 23.9 Å². The van der Waals surface area contributed by atoms with Crippen LogP contribution in [0.1, 0.15) is 5.56 Å².